The first-order chi connectivity index (χ1) is 10.1. The van der Waals surface area contributed by atoms with Crippen LogP contribution in [-0.2, 0) is 9.47 Å². The number of thiocarbonyl (C=S) groups is 1. The Morgan fingerprint density at radius 3 is 3.00 bits per heavy atom. The SMILES string of the molecule is NC(=S)c1c(F)cccc1OC1CCOC2(CCOC2)C1. The first kappa shape index (κ1) is 14.7. The molecule has 3 rings (SSSR count). The van der Waals surface area contributed by atoms with E-state index in [9.17, 15) is 4.39 Å². The summed E-state index contributed by atoms with van der Waals surface area (Å²) in [6, 6.07) is 4.63. The summed E-state index contributed by atoms with van der Waals surface area (Å²) in [7, 11) is 0. The van der Waals surface area contributed by atoms with Crippen molar-refractivity contribution in [1.29, 1.82) is 0 Å². The van der Waals surface area contributed by atoms with Crippen LogP contribution in [0.5, 0.6) is 5.75 Å². The van der Waals surface area contributed by atoms with E-state index in [1.54, 1.807) is 12.1 Å². The Balaban J connectivity index is 1.77. The van der Waals surface area contributed by atoms with Crippen molar-refractivity contribution < 1.29 is 18.6 Å². The molecule has 4 nitrogen and oxygen atoms in total. The zero-order valence-electron chi connectivity index (χ0n) is 11.6. The number of nitrogens with two attached hydrogens (primary N) is 1. The van der Waals surface area contributed by atoms with E-state index >= 15 is 0 Å². The molecule has 0 aromatic heterocycles. The van der Waals surface area contributed by atoms with Crippen LogP contribution < -0.4 is 10.5 Å². The quantitative estimate of drug-likeness (QED) is 0.867. The summed E-state index contributed by atoms with van der Waals surface area (Å²) in [5, 5.41) is 0. The lowest BCUT2D eigenvalue weighted by Crippen LogP contribution is -2.44. The molecule has 1 spiro atoms. The molecule has 0 aliphatic carbocycles. The molecule has 0 saturated carbocycles. The van der Waals surface area contributed by atoms with Gasteiger partial charge in [0.15, 0.2) is 0 Å². The number of benzene rings is 1. The van der Waals surface area contributed by atoms with E-state index in [1.807, 2.05) is 0 Å². The Bertz CT molecular complexity index is 546. The molecule has 0 radical (unpaired) electrons. The molecule has 2 fully saturated rings. The van der Waals surface area contributed by atoms with Gasteiger partial charge < -0.3 is 19.9 Å². The van der Waals surface area contributed by atoms with Crippen molar-refractivity contribution in [3.8, 4) is 5.75 Å². The summed E-state index contributed by atoms with van der Waals surface area (Å²) in [5.74, 6) is -0.0468. The van der Waals surface area contributed by atoms with Gasteiger partial charge in [-0.1, -0.05) is 18.3 Å². The highest BCUT2D eigenvalue weighted by atomic mass is 32.1. The molecule has 2 saturated heterocycles. The third kappa shape index (κ3) is 3.02. The van der Waals surface area contributed by atoms with Gasteiger partial charge in [-0.2, -0.15) is 0 Å². The summed E-state index contributed by atoms with van der Waals surface area (Å²) in [6.45, 7) is 1.93. The van der Waals surface area contributed by atoms with Gasteiger partial charge in [-0.05, 0) is 12.1 Å². The van der Waals surface area contributed by atoms with E-state index in [0.717, 1.165) is 19.3 Å². The van der Waals surface area contributed by atoms with Crippen molar-refractivity contribution in [2.75, 3.05) is 19.8 Å². The topological polar surface area (TPSA) is 53.7 Å². The highest BCUT2D eigenvalue weighted by Gasteiger charge is 2.42. The minimum atomic E-state index is -0.453. The van der Waals surface area contributed by atoms with E-state index in [2.05, 4.69) is 0 Å². The van der Waals surface area contributed by atoms with Gasteiger partial charge in [0.1, 0.15) is 22.7 Å². The lowest BCUT2D eigenvalue weighted by atomic mass is 9.91. The second-order valence-electron chi connectivity index (χ2n) is 5.54. The summed E-state index contributed by atoms with van der Waals surface area (Å²) in [6.07, 6.45) is 2.32. The third-order valence-electron chi connectivity index (χ3n) is 4.03. The second-order valence-corrected chi connectivity index (χ2v) is 5.98. The Kier molecular flexibility index (Phi) is 4.10. The monoisotopic (exact) mass is 311 g/mol. The minimum Gasteiger partial charge on any atom is -0.489 e. The summed E-state index contributed by atoms with van der Waals surface area (Å²) >= 11 is 4.92. The summed E-state index contributed by atoms with van der Waals surface area (Å²) < 4.78 is 31.1. The molecule has 6 heteroatoms. The molecule has 2 aliphatic rings. The van der Waals surface area contributed by atoms with Crippen molar-refractivity contribution in [2.45, 2.75) is 31.0 Å². The van der Waals surface area contributed by atoms with E-state index in [-0.39, 0.29) is 22.3 Å². The fourth-order valence-corrected chi connectivity index (χ4v) is 3.17. The standard InChI is InChI=1S/C15H18FNO3S/c16-11-2-1-3-12(13(11)14(17)21)20-10-4-6-19-15(8-10)5-7-18-9-15/h1-3,10H,4-9H2,(H2,17,21). The molecule has 0 bridgehead atoms. The van der Waals surface area contributed by atoms with Crippen LogP contribution in [0.2, 0.25) is 0 Å². The first-order valence-electron chi connectivity index (χ1n) is 7.06. The molecular weight excluding hydrogens is 293 g/mol. The number of hydrogen-bond acceptors (Lipinski definition) is 4. The molecule has 114 valence electrons. The number of halogens is 1. The van der Waals surface area contributed by atoms with Crippen LogP contribution in [-0.4, -0.2) is 36.5 Å². The normalized spacial score (nSPS) is 28.7. The highest BCUT2D eigenvalue weighted by Crippen LogP contribution is 2.35. The fraction of sp³-hybridized carbons (Fsp3) is 0.533. The number of ether oxygens (including phenoxy) is 3. The van der Waals surface area contributed by atoms with Gasteiger partial charge in [-0.15, -0.1) is 0 Å². The van der Waals surface area contributed by atoms with Gasteiger partial charge >= 0.3 is 0 Å². The molecule has 2 aliphatic heterocycles. The minimum absolute atomic E-state index is 0.00840. The van der Waals surface area contributed by atoms with Gasteiger partial charge in [0, 0.05) is 25.9 Å². The van der Waals surface area contributed by atoms with Gasteiger partial charge in [0.2, 0.25) is 0 Å². The van der Waals surface area contributed by atoms with Gasteiger partial charge in [-0.3, -0.25) is 0 Å². The average molecular weight is 311 g/mol. The molecule has 2 N–H and O–H groups in total. The Hall–Kier alpha value is -1.24. The zero-order chi connectivity index (χ0) is 14.9. The average Bonchev–Trinajstić information content (AvgIpc) is 2.86. The predicted molar refractivity (Wildman–Crippen MR) is 80.1 cm³/mol. The first-order valence-corrected chi connectivity index (χ1v) is 7.47. The van der Waals surface area contributed by atoms with Crippen molar-refractivity contribution in [3.63, 3.8) is 0 Å². The van der Waals surface area contributed by atoms with Crippen molar-refractivity contribution in [2.24, 2.45) is 5.73 Å². The highest BCUT2D eigenvalue weighted by molar-refractivity contribution is 7.80. The third-order valence-corrected chi connectivity index (χ3v) is 4.23. The van der Waals surface area contributed by atoms with Crippen molar-refractivity contribution >= 4 is 17.2 Å². The Labute approximate surface area is 128 Å². The van der Waals surface area contributed by atoms with E-state index in [4.69, 9.17) is 32.2 Å². The van der Waals surface area contributed by atoms with Crippen LogP contribution in [0.1, 0.15) is 24.8 Å². The van der Waals surface area contributed by atoms with Gasteiger partial charge in [0.25, 0.3) is 0 Å². The maximum absolute atomic E-state index is 13.9. The second kappa shape index (κ2) is 5.87. The molecule has 2 atom stereocenters. The molecule has 1 aromatic carbocycles. The largest absolute Gasteiger partial charge is 0.489 e. The van der Waals surface area contributed by atoms with Crippen molar-refractivity contribution in [3.05, 3.63) is 29.6 Å². The molecule has 2 heterocycles. The summed E-state index contributed by atoms with van der Waals surface area (Å²) in [4.78, 5) is 0.00840. The Morgan fingerprint density at radius 2 is 2.29 bits per heavy atom. The molecule has 21 heavy (non-hydrogen) atoms. The summed E-state index contributed by atoms with van der Waals surface area (Å²) in [5.41, 5.74) is 5.53. The van der Waals surface area contributed by atoms with Crippen LogP contribution >= 0.6 is 12.2 Å². The lowest BCUT2D eigenvalue weighted by molar-refractivity contribution is -0.112. The molecule has 0 amide bonds. The maximum Gasteiger partial charge on any atom is 0.137 e. The Morgan fingerprint density at radius 1 is 1.43 bits per heavy atom. The van der Waals surface area contributed by atoms with E-state index in [1.165, 1.54) is 6.07 Å². The van der Waals surface area contributed by atoms with Crippen LogP contribution in [0.3, 0.4) is 0 Å². The van der Waals surface area contributed by atoms with E-state index < -0.39 is 5.82 Å². The van der Waals surface area contributed by atoms with Crippen LogP contribution in [0.15, 0.2) is 18.2 Å². The smallest absolute Gasteiger partial charge is 0.137 e. The van der Waals surface area contributed by atoms with Crippen LogP contribution in [0.25, 0.3) is 0 Å². The van der Waals surface area contributed by atoms with Gasteiger partial charge in [-0.25, -0.2) is 4.39 Å². The fourth-order valence-electron chi connectivity index (χ4n) is 2.97. The zero-order valence-corrected chi connectivity index (χ0v) is 12.5. The van der Waals surface area contributed by atoms with Gasteiger partial charge in [0.05, 0.1) is 24.4 Å². The molecule has 2 unspecified atom stereocenters. The lowest BCUT2D eigenvalue weighted by Gasteiger charge is -2.37. The van der Waals surface area contributed by atoms with Crippen LogP contribution in [0, 0.1) is 5.82 Å². The predicted octanol–water partition coefficient (Wildman–Crippen LogP) is 2.18. The molecule has 1 aromatic rings. The number of hydrogen-bond donors (Lipinski definition) is 1. The number of rotatable bonds is 3. The van der Waals surface area contributed by atoms with Crippen LogP contribution in [0.4, 0.5) is 4.39 Å². The maximum atomic E-state index is 13.9. The molecular formula is C15H18FNO3S. The van der Waals surface area contributed by atoms with Crippen molar-refractivity contribution in [1.82, 2.24) is 0 Å². The van der Waals surface area contributed by atoms with E-state index in [0.29, 0.717) is 25.6 Å².